The third-order valence-electron chi connectivity index (χ3n) is 3.32. The quantitative estimate of drug-likeness (QED) is 0.833. The van der Waals surface area contributed by atoms with Gasteiger partial charge in [-0.3, -0.25) is 0 Å². The molecule has 21 heavy (non-hydrogen) atoms. The predicted molar refractivity (Wildman–Crippen MR) is 78.6 cm³/mol. The first-order valence-corrected chi connectivity index (χ1v) is 6.67. The lowest BCUT2D eigenvalue weighted by atomic mass is 10.1. The van der Waals surface area contributed by atoms with Crippen molar-refractivity contribution in [3.63, 3.8) is 0 Å². The molecule has 0 saturated carbocycles. The Bertz CT molecular complexity index is 569. The van der Waals surface area contributed by atoms with Gasteiger partial charge in [-0.05, 0) is 24.1 Å². The Hall–Kier alpha value is -2.34. The van der Waals surface area contributed by atoms with E-state index in [1.807, 2.05) is 6.08 Å². The van der Waals surface area contributed by atoms with E-state index in [0.717, 1.165) is 6.42 Å². The molecule has 112 valence electrons. The molecular weight excluding hydrogens is 272 g/mol. The highest BCUT2D eigenvalue weighted by Gasteiger charge is 2.19. The van der Waals surface area contributed by atoms with Gasteiger partial charge in [-0.25, -0.2) is 9.59 Å². The van der Waals surface area contributed by atoms with E-state index in [4.69, 9.17) is 9.84 Å². The normalized spacial score (nSPS) is 14.5. The highest BCUT2D eigenvalue weighted by Crippen LogP contribution is 2.17. The molecule has 0 radical (unpaired) electrons. The summed E-state index contributed by atoms with van der Waals surface area (Å²) < 4.78 is 5.06. The molecule has 0 aromatic heterocycles. The van der Waals surface area contributed by atoms with Gasteiger partial charge in [0.2, 0.25) is 0 Å². The number of carboxylic acids is 1. The standard InChI is InChI=1S/C15H18N2O4/c1-21-10-11-6-8-17(9-7-11)15(20)16-13-5-3-2-4-12(13)14(18)19/h2-6H,7-10H2,1H3,(H,16,20)(H,18,19). The number of urea groups is 1. The SMILES string of the molecule is COCC1=CCN(C(=O)Nc2ccccc2C(=O)O)CC1. The fourth-order valence-electron chi connectivity index (χ4n) is 2.19. The molecule has 1 aliphatic rings. The average Bonchev–Trinajstić information content (AvgIpc) is 2.48. The van der Waals surface area contributed by atoms with Gasteiger partial charge >= 0.3 is 12.0 Å². The van der Waals surface area contributed by atoms with Crippen molar-refractivity contribution in [1.82, 2.24) is 4.90 Å². The molecule has 1 heterocycles. The number of carboxylic acid groups (broad SMARTS) is 1. The fourth-order valence-corrected chi connectivity index (χ4v) is 2.19. The van der Waals surface area contributed by atoms with Gasteiger partial charge in [0.15, 0.2) is 0 Å². The number of amides is 2. The first-order valence-electron chi connectivity index (χ1n) is 6.67. The van der Waals surface area contributed by atoms with Crippen molar-refractivity contribution < 1.29 is 19.4 Å². The largest absolute Gasteiger partial charge is 0.478 e. The van der Waals surface area contributed by atoms with E-state index in [1.165, 1.54) is 11.6 Å². The molecular formula is C15H18N2O4. The average molecular weight is 290 g/mol. The van der Waals surface area contributed by atoms with Crippen molar-refractivity contribution in [2.24, 2.45) is 0 Å². The number of hydrogen-bond acceptors (Lipinski definition) is 3. The van der Waals surface area contributed by atoms with Crippen LogP contribution >= 0.6 is 0 Å². The predicted octanol–water partition coefficient (Wildman–Crippen LogP) is 2.20. The van der Waals surface area contributed by atoms with Crippen LogP contribution in [-0.4, -0.2) is 48.8 Å². The van der Waals surface area contributed by atoms with Gasteiger partial charge < -0.3 is 20.1 Å². The fraction of sp³-hybridized carbons (Fsp3) is 0.333. The Labute approximate surface area is 123 Å². The number of benzene rings is 1. The summed E-state index contributed by atoms with van der Waals surface area (Å²) in [5.74, 6) is -1.06. The van der Waals surface area contributed by atoms with E-state index < -0.39 is 5.97 Å². The molecule has 6 heteroatoms. The number of aromatic carboxylic acids is 1. The lowest BCUT2D eigenvalue weighted by molar-refractivity contribution is 0.0698. The molecule has 0 bridgehead atoms. The van der Waals surface area contributed by atoms with Gasteiger partial charge in [-0.15, -0.1) is 0 Å². The van der Waals surface area contributed by atoms with Crippen LogP contribution in [0.1, 0.15) is 16.8 Å². The smallest absolute Gasteiger partial charge is 0.337 e. The Balaban J connectivity index is 2.02. The maximum Gasteiger partial charge on any atom is 0.337 e. The van der Waals surface area contributed by atoms with E-state index in [0.29, 0.717) is 25.4 Å². The number of para-hydroxylation sites is 1. The summed E-state index contributed by atoms with van der Waals surface area (Å²) in [4.78, 5) is 24.9. The van der Waals surface area contributed by atoms with Crippen molar-refractivity contribution in [3.05, 3.63) is 41.5 Å². The first kappa shape index (κ1) is 15.1. The lowest BCUT2D eigenvalue weighted by Gasteiger charge is -2.26. The van der Waals surface area contributed by atoms with Crippen LogP contribution in [0.2, 0.25) is 0 Å². The van der Waals surface area contributed by atoms with E-state index in [-0.39, 0.29) is 11.6 Å². The van der Waals surface area contributed by atoms with Gasteiger partial charge in [0.05, 0.1) is 17.9 Å². The molecule has 2 amide bonds. The summed E-state index contributed by atoms with van der Waals surface area (Å²) in [5, 5.41) is 11.7. The summed E-state index contributed by atoms with van der Waals surface area (Å²) in [6.07, 6.45) is 2.73. The molecule has 6 nitrogen and oxygen atoms in total. The molecule has 0 aliphatic carbocycles. The van der Waals surface area contributed by atoms with Crippen LogP contribution in [0.4, 0.5) is 10.5 Å². The Morgan fingerprint density at radius 3 is 2.76 bits per heavy atom. The number of nitrogens with zero attached hydrogens (tertiary/aromatic N) is 1. The number of ether oxygens (including phenoxy) is 1. The molecule has 0 fully saturated rings. The number of carbonyl (C=O) groups is 2. The van der Waals surface area contributed by atoms with Gasteiger partial charge in [0.25, 0.3) is 0 Å². The summed E-state index contributed by atoms with van der Waals surface area (Å²) in [6, 6.07) is 6.06. The van der Waals surface area contributed by atoms with Crippen LogP contribution in [0, 0.1) is 0 Å². The molecule has 0 atom stereocenters. The first-order chi connectivity index (χ1) is 10.1. The van der Waals surface area contributed by atoms with Crippen molar-refractivity contribution >= 4 is 17.7 Å². The topological polar surface area (TPSA) is 78.9 Å². The maximum absolute atomic E-state index is 12.2. The van der Waals surface area contributed by atoms with Crippen molar-refractivity contribution in [2.45, 2.75) is 6.42 Å². The number of anilines is 1. The maximum atomic E-state index is 12.2. The molecule has 0 spiro atoms. The Morgan fingerprint density at radius 1 is 1.38 bits per heavy atom. The number of rotatable bonds is 4. The molecule has 1 aromatic carbocycles. The number of carbonyl (C=O) groups excluding carboxylic acids is 1. The number of methoxy groups -OCH3 is 1. The van der Waals surface area contributed by atoms with Gasteiger partial charge in [0, 0.05) is 20.2 Å². The minimum absolute atomic E-state index is 0.0819. The summed E-state index contributed by atoms with van der Waals surface area (Å²) in [6.45, 7) is 1.67. The van der Waals surface area contributed by atoms with E-state index in [9.17, 15) is 9.59 Å². The summed E-state index contributed by atoms with van der Waals surface area (Å²) in [5.41, 5.74) is 1.56. The van der Waals surface area contributed by atoms with Crippen molar-refractivity contribution in [2.75, 3.05) is 32.1 Å². The summed E-state index contributed by atoms with van der Waals surface area (Å²) in [7, 11) is 1.64. The minimum atomic E-state index is -1.06. The third kappa shape index (κ3) is 3.82. The van der Waals surface area contributed by atoms with Crippen molar-refractivity contribution in [3.8, 4) is 0 Å². The zero-order chi connectivity index (χ0) is 15.2. The second-order valence-electron chi connectivity index (χ2n) is 4.77. The molecule has 2 N–H and O–H groups in total. The van der Waals surface area contributed by atoms with Crippen LogP contribution in [0.25, 0.3) is 0 Å². The second-order valence-corrected chi connectivity index (χ2v) is 4.77. The monoisotopic (exact) mass is 290 g/mol. The Kier molecular flexibility index (Phi) is 4.94. The van der Waals surface area contributed by atoms with E-state index in [1.54, 1.807) is 30.2 Å². The lowest BCUT2D eigenvalue weighted by Crippen LogP contribution is -2.38. The van der Waals surface area contributed by atoms with Crippen LogP contribution in [0.15, 0.2) is 35.9 Å². The third-order valence-corrected chi connectivity index (χ3v) is 3.32. The van der Waals surface area contributed by atoms with Gasteiger partial charge in [0.1, 0.15) is 0 Å². The Morgan fingerprint density at radius 2 is 2.14 bits per heavy atom. The summed E-state index contributed by atoms with van der Waals surface area (Å²) >= 11 is 0. The highest BCUT2D eigenvalue weighted by atomic mass is 16.5. The molecule has 2 rings (SSSR count). The molecule has 1 aliphatic heterocycles. The van der Waals surface area contributed by atoms with Crippen LogP contribution in [0.5, 0.6) is 0 Å². The van der Waals surface area contributed by atoms with Crippen molar-refractivity contribution in [1.29, 1.82) is 0 Å². The second kappa shape index (κ2) is 6.90. The van der Waals surface area contributed by atoms with Crippen LogP contribution in [-0.2, 0) is 4.74 Å². The van der Waals surface area contributed by atoms with E-state index in [2.05, 4.69) is 5.32 Å². The van der Waals surface area contributed by atoms with Crippen LogP contribution in [0.3, 0.4) is 0 Å². The number of hydrogen-bond donors (Lipinski definition) is 2. The molecule has 0 saturated heterocycles. The highest BCUT2D eigenvalue weighted by molar-refractivity contribution is 6.00. The zero-order valence-electron chi connectivity index (χ0n) is 11.8. The minimum Gasteiger partial charge on any atom is -0.478 e. The van der Waals surface area contributed by atoms with Gasteiger partial charge in [-0.1, -0.05) is 18.2 Å². The number of nitrogens with one attached hydrogen (secondary N) is 1. The zero-order valence-corrected chi connectivity index (χ0v) is 11.8. The molecule has 1 aromatic rings. The van der Waals surface area contributed by atoms with Crippen LogP contribution < -0.4 is 5.32 Å². The molecule has 0 unspecified atom stereocenters. The van der Waals surface area contributed by atoms with E-state index >= 15 is 0 Å². The van der Waals surface area contributed by atoms with Gasteiger partial charge in [-0.2, -0.15) is 0 Å².